The Morgan fingerprint density at radius 1 is 1.38 bits per heavy atom. The van der Waals surface area contributed by atoms with Gasteiger partial charge in [0.15, 0.2) is 0 Å². The fourth-order valence-electron chi connectivity index (χ4n) is 3.05. The van der Waals surface area contributed by atoms with Crippen molar-refractivity contribution >= 4 is 17.0 Å². The molecule has 0 amide bonds. The lowest BCUT2D eigenvalue weighted by Crippen LogP contribution is -2.24. The van der Waals surface area contributed by atoms with Crippen LogP contribution in [0, 0.1) is 6.92 Å². The van der Waals surface area contributed by atoms with Gasteiger partial charge in [0.1, 0.15) is 11.9 Å². The van der Waals surface area contributed by atoms with E-state index < -0.39 is 12.0 Å². The van der Waals surface area contributed by atoms with Gasteiger partial charge in [-0.2, -0.15) is 0 Å². The summed E-state index contributed by atoms with van der Waals surface area (Å²) in [5, 5.41) is 9.39. The Balaban J connectivity index is 2.07. The van der Waals surface area contributed by atoms with Crippen LogP contribution in [0.4, 0.5) is 0 Å². The molecule has 0 bridgehead atoms. The van der Waals surface area contributed by atoms with Gasteiger partial charge in [0.05, 0.1) is 17.6 Å². The molecule has 1 N–H and O–H groups in total. The van der Waals surface area contributed by atoms with Crippen LogP contribution in [0.2, 0.25) is 0 Å². The molecule has 2 heterocycles. The number of benzene rings is 1. The number of fused-ring (bicyclic) bond motifs is 1. The largest absolute Gasteiger partial charge is 0.480 e. The summed E-state index contributed by atoms with van der Waals surface area (Å²) >= 11 is 0. The van der Waals surface area contributed by atoms with Crippen LogP contribution in [-0.4, -0.2) is 38.6 Å². The number of hydrogen-bond donors (Lipinski definition) is 1. The Kier molecular flexibility index (Phi) is 3.68. The van der Waals surface area contributed by atoms with E-state index in [0.717, 1.165) is 42.1 Å². The molecule has 1 aromatic heterocycles. The zero-order valence-electron chi connectivity index (χ0n) is 12.5. The van der Waals surface area contributed by atoms with Crippen molar-refractivity contribution in [3.63, 3.8) is 0 Å². The third-order valence-electron chi connectivity index (χ3n) is 4.23. The van der Waals surface area contributed by atoms with Crippen molar-refractivity contribution in [3.05, 3.63) is 29.6 Å². The molecule has 21 heavy (non-hydrogen) atoms. The summed E-state index contributed by atoms with van der Waals surface area (Å²) in [6.45, 7) is 6.62. The number of carboxylic acid groups (broad SMARTS) is 1. The molecule has 5 nitrogen and oxygen atoms in total. The fourth-order valence-corrected chi connectivity index (χ4v) is 3.05. The van der Waals surface area contributed by atoms with Gasteiger partial charge in [0.25, 0.3) is 0 Å². The van der Waals surface area contributed by atoms with Crippen LogP contribution in [0.1, 0.15) is 37.2 Å². The van der Waals surface area contributed by atoms with E-state index in [1.165, 1.54) is 12.8 Å². The molecule has 3 rings (SSSR count). The van der Waals surface area contributed by atoms with Gasteiger partial charge in [-0.1, -0.05) is 6.07 Å². The van der Waals surface area contributed by atoms with Crippen LogP contribution in [0.5, 0.6) is 0 Å². The van der Waals surface area contributed by atoms with Crippen LogP contribution in [-0.2, 0) is 11.3 Å². The third-order valence-corrected chi connectivity index (χ3v) is 4.23. The number of likely N-dealkylation sites (tertiary alicyclic amines) is 1. The highest BCUT2D eigenvalue weighted by Gasteiger charge is 2.23. The molecular weight excluding hydrogens is 266 g/mol. The Labute approximate surface area is 124 Å². The zero-order chi connectivity index (χ0) is 15.0. The van der Waals surface area contributed by atoms with E-state index in [4.69, 9.17) is 4.98 Å². The van der Waals surface area contributed by atoms with Crippen molar-refractivity contribution in [2.45, 2.75) is 39.3 Å². The summed E-state index contributed by atoms with van der Waals surface area (Å²) in [5.74, 6) is 0.0324. The van der Waals surface area contributed by atoms with E-state index in [0.29, 0.717) is 0 Å². The number of hydrogen-bond acceptors (Lipinski definition) is 3. The molecule has 0 radical (unpaired) electrons. The smallest absolute Gasteiger partial charge is 0.326 e. The van der Waals surface area contributed by atoms with Crippen LogP contribution in [0.15, 0.2) is 18.2 Å². The van der Waals surface area contributed by atoms with Crippen LogP contribution < -0.4 is 0 Å². The molecule has 1 atom stereocenters. The molecule has 1 fully saturated rings. The highest BCUT2D eigenvalue weighted by molar-refractivity contribution is 5.80. The van der Waals surface area contributed by atoms with Crippen molar-refractivity contribution in [1.82, 2.24) is 14.5 Å². The predicted octanol–water partition coefficient (Wildman–Crippen LogP) is 2.59. The third kappa shape index (κ3) is 2.65. The topological polar surface area (TPSA) is 58.4 Å². The van der Waals surface area contributed by atoms with Gasteiger partial charge in [-0.15, -0.1) is 0 Å². The normalized spacial score (nSPS) is 17.4. The van der Waals surface area contributed by atoms with Gasteiger partial charge in [0, 0.05) is 0 Å². The molecular formula is C16H21N3O2. The first-order valence-corrected chi connectivity index (χ1v) is 7.49. The number of aromatic nitrogens is 2. The first kappa shape index (κ1) is 14.1. The van der Waals surface area contributed by atoms with Gasteiger partial charge in [-0.25, -0.2) is 9.78 Å². The first-order valence-electron chi connectivity index (χ1n) is 7.49. The van der Waals surface area contributed by atoms with Crippen LogP contribution in [0.25, 0.3) is 11.0 Å². The van der Waals surface area contributed by atoms with Gasteiger partial charge < -0.3 is 9.67 Å². The Morgan fingerprint density at radius 2 is 2.10 bits per heavy atom. The molecule has 1 aromatic carbocycles. The van der Waals surface area contributed by atoms with E-state index in [2.05, 4.69) is 4.90 Å². The molecule has 1 unspecified atom stereocenters. The predicted molar refractivity (Wildman–Crippen MR) is 81.3 cm³/mol. The molecule has 1 saturated heterocycles. The first-order chi connectivity index (χ1) is 10.1. The highest BCUT2D eigenvalue weighted by atomic mass is 16.4. The summed E-state index contributed by atoms with van der Waals surface area (Å²) in [6, 6.07) is 5.41. The van der Waals surface area contributed by atoms with Gasteiger partial charge >= 0.3 is 5.97 Å². The van der Waals surface area contributed by atoms with Crippen molar-refractivity contribution in [2.75, 3.05) is 13.1 Å². The van der Waals surface area contributed by atoms with Crippen molar-refractivity contribution < 1.29 is 9.90 Å². The molecule has 1 aliphatic heterocycles. The van der Waals surface area contributed by atoms with E-state index in [9.17, 15) is 9.90 Å². The Hall–Kier alpha value is -1.88. The zero-order valence-corrected chi connectivity index (χ0v) is 12.5. The molecule has 0 saturated carbocycles. The van der Waals surface area contributed by atoms with Gasteiger partial charge in [-0.05, 0) is 57.5 Å². The highest BCUT2D eigenvalue weighted by Crippen LogP contribution is 2.24. The SMILES string of the molecule is Cc1ccc2c(c1)nc(CN1CCCC1)n2C(C)C(=O)O. The number of imidazole rings is 1. The van der Waals surface area contributed by atoms with E-state index >= 15 is 0 Å². The van der Waals surface area contributed by atoms with Gasteiger partial charge in [-0.3, -0.25) is 4.90 Å². The second-order valence-corrected chi connectivity index (χ2v) is 5.89. The number of aryl methyl sites for hydroxylation is 1. The average Bonchev–Trinajstić information content (AvgIpc) is 3.05. The molecule has 0 aliphatic carbocycles. The summed E-state index contributed by atoms with van der Waals surface area (Å²) < 4.78 is 1.87. The molecule has 112 valence electrons. The second-order valence-electron chi connectivity index (χ2n) is 5.89. The maximum absolute atomic E-state index is 11.4. The molecule has 5 heteroatoms. The standard InChI is InChI=1S/C16H21N3O2/c1-11-5-6-14-13(9-11)17-15(10-18-7-3-4-8-18)19(14)12(2)16(20)21/h5-6,9,12H,3-4,7-8,10H2,1-2H3,(H,20,21). The van der Waals surface area contributed by atoms with Crippen LogP contribution in [0.3, 0.4) is 0 Å². The lowest BCUT2D eigenvalue weighted by molar-refractivity contribution is -0.140. The van der Waals surface area contributed by atoms with Crippen molar-refractivity contribution in [2.24, 2.45) is 0 Å². The summed E-state index contributed by atoms with van der Waals surface area (Å²) in [5.41, 5.74) is 2.94. The lowest BCUT2D eigenvalue weighted by Gasteiger charge is -2.18. The van der Waals surface area contributed by atoms with E-state index in [1.54, 1.807) is 6.92 Å². The number of carboxylic acids is 1. The second kappa shape index (κ2) is 5.48. The number of nitrogens with zero attached hydrogens (tertiary/aromatic N) is 3. The summed E-state index contributed by atoms with van der Waals surface area (Å²) in [4.78, 5) is 18.5. The maximum Gasteiger partial charge on any atom is 0.326 e. The van der Waals surface area contributed by atoms with Crippen molar-refractivity contribution in [3.8, 4) is 0 Å². The minimum absolute atomic E-state index is 0.602. The van der Waals surface area contributed by atoms with E-state index in [1.807, 2.05) is 29.7 Å². The van der Waals surface area contributed by atoms with Crippen LogP contribution >= 0.6 is 0 Å². The minimum atomic E-state index is -0.822. The Morgan fingerprint density at radius 3 is 2.76 bits per heavy atom. The molecule has 1 aliphatic rings. The minimum Gasteiger partial charge on any atom is -0.480 e. The fraction of sp³-hybridized carbons (Fsp3) is 0.500. The lowest BCUT2D eigenvalue weighted by atomic mass is 10.2. The quantitative estimate of drug-likeness (QED) is 0.939. The number of aliphatic carboxylic acids is 1. The summed E-state index contributed by atoms with van der Waals surface area (Å²) in [6.07, 6.45) is 2.43. The van der Waals surface area contributed by atoms with Crippen molar-refractivity contribution in [1.29, 1.82) is 0 Å². The van der Waals surface area contributed by atoms with E-state index in [-0.39, 0.29) is 0 Å². The monoisotopic (exact) mass is 287 g/mol. The molecule has 2 aromatic rings. The number of rotatable bonds is 4. The Bertz CT molecular complexity index is 671. The van der Waals surface area contributed by atoms with Gasteiger partial charge in [0.2, 0.25) is 0 Å². The average molecular weight is 287 g/mol. The summed E-state index contributed by atoms with van der Waals surface area (Å²) in [7, 11) is 0. The maximum atomic E-state index is 11.4. The number of carbonyl (C=O) groups is 1. The molecule has 0 spiro atoms.